The predicted octanol–water partition coefficient (Wildman–Crippen LogP) is 1.63. The van der Waals surface area contributed by atoms with Gasteiger partial charge in [0.15, 0.2) is 0 Å². The van der Waals surface area contributed by atoms with E-state index in [9.17, 15) is 22.4 Å². The molecule has 2 aromatic rings. The molecule has 0 spiro atoms. The van der Waals surface area contributed by atoms with Crippen LogP contribution in [0.2, 0.25) is 0 Å². The van der Waals surface area contributed by atoms with Gasteiger partial charge in [0.1, 0.15) is 10.7 Å². The number of halogens is 1. The Balaban J connectivity index is 1.55. The number of morpholine rings is 1. The number of ether oxygens (including phenoxy) is 1. The Hall–Kier alpha value is -3.02. The van der Waals surface area contributed by atoms with Gasteiger partial charge in [-0.3, -0.25) is 9.69 Å². The molecule has 2 fully saturated rings. The maximum atomic E-state index is 14.3. The Kier molecular flexibility index (Phi) is 5.90. The first kappa shape index (κ1) is 21.2. The third-order valence-corrected chi connectivity index (χ3v) is 6.97. The van der Waals surface area contributed by atoms with E-state index in [0.717, 1.165) is 16.4 Å². The molecule has 2 saturated heterocycles. The molecule has 0 aliphatic carbocycles. The van der Waals surface area contributed by atoms with Crippen molar-refractivity contribution in [2.45, 2.75) is 4.90 Å². The van der Waals surface area contributed by atoms with Crippen LogP contribution >= 0.6 is 0 Å². The van der Waals surface area contributed by atoms with Crippen molar-refractivity contribution in [2.24, 2.45) is 0 Å². The van der Waals surface area contributed by atoms with Gasteiger partial charge < -0.3 is 15.4 Å². The molecule has 0 radical (unpaired) electrons. The highest BCUT2D eigenvalue weighted by molar-refractivity contribution is 7.89. The van der Waals surface area contributed by atoms with Crippen LogP contribution in [0.1, 0.15) is 10.4 Å². The average Bonchev–Trinajstić information content (AvgIpc) is 3.21. The minimum absolute atomic E-state index is 0.134. The number of anilines is 2. The summed E-state index contributed by atoms with van der Waals surface area (Å²) >= 11 is 0. The molecule has 0 aromatic heterocycles. The van der Waals surface area contributed by atoms with Gasteiger partial charge in [0, 0.05) is 43.1 Å². The van der Waals surface area contributed by atoms with Gasteiger partial charge in [-0.1, -0.05) is 6.07 Å². The number of amides is 3. The summed E-state index contributed by atoms with van der Waals surface area (Å²) in [6.45, 7) is 1.76. The Labute approximate surface area is 178 Å². The zero-order valence-corrected chi connectivity index (χ0v) is 17.3. The number of nitrogens with zero attached hydrogens (tertiary/aromatic N) is 2. The van der Waals surface area contributed by atoms with Gasteiger partial charge in [0.25, 0.3) is 5.91 Å². The van der Waals surface area contributed by atoms with Crippen molar-refractivity contribution in [1.82, 2.24) is 9.62 Å². The monoisotopic (exact) mass is 448 g/mol. The minimum atomic E-state index is -4.06. The lowest BCUT2D eigenvalue weighted by molar-refractivity contribution is 0.0729. The van der Waals surface area contributed by atoms with Crippen LogP contribution in [0.3, 0.4) is 0 Å². The first-order valence-corrected chi connectivity index (χ1v) is 11.1. The van der Waals surface area contributed by atoms with Gasteiger partial charge >= 0.3 is 6.03 Å². The lowest BCUT2D eigenvalue weighted by Crippen LogP contribution is -2.40. The third-order valence-electron chi connectivity index (χ3n) is 5.05. The van der Waals surface area contributed by atoms with Crippen LogP contribution in [0.4, 0.5) is 20.6 Å². The van der Waals surface area contributed by atoms with Crippen LogP contribution in [-0.4, -0.2) is 64.1 Å². The molecule has 0 unspecified atom stereocenters. The Morgan fingerprint density at radius 1 is 1.10 bits per heavy atom. The van der Waals surface area contributed by atoms with Gasteiger partial charge in [-0.2, -0.15) is 4.31 Å². The Bertz CT molecular complexity index is 1120. The number of hydrogen-bond donors (Lipinski definition) is 2. The summed E-state index contributed by atoms with van der Waals surface area (Å²) < 4.78 is 46.3. The van der Waals surface area contributed by atoms with Crippen molar-refractivity contribution in [1.29, 1.82) is 0 Å². The quantitative estimate of drug-likeness (QED) is 0.723. The lowest BCUT2D eigenvalue weighted by atomic mass is 10.1. The second kappa shape index (κ2) is 8.61. The van der Waals surface area contributed by atoms with Crippen LogP contribution < -0.4 is 15.5 Å². The normalized spacial score (nSPS) is 17.5. The zero-order chi connectivity index (χ0) is 22.0. The van der Waals surface area contributed by atoms with E-state index in [-0.39, 0.29) is 43.6 Å². The number of sulfonamides is 1. The van der Waals surface area contributed by atoms with E-state index in [1.807, 2.05) is 0 Å². The summed E-state index contributed by atoms with van der Waals surface area (Å²) in [5, 5.41) is 5.29. The lowest BCUT2D eigenvalue weighted by Gasteiger charge is -2.26. The van der Waals surface area contributed by atoms with Gasteiger partial charge in [0.2, 0.25) is 10.0 Å². The van der Waals surface area contributed by atoms with E-state index in [4.69, 9.17) is 4.74 Å². The summed E-state index contributed by atoms with van der Waals surface area (Å²) in [4.78, 5) is 25.6. The number of carbonyl (C=O) groups is 2. The number of benzene rings is 2. The molecule has 4 rings (SSSR count). The van der Waals surface area contributed by atoms with Gasteiger partial charge in [-0.15, -0.1) is 0 Å². The van der Waals surface area contributed by atoms with E-state index < -0.39 is 26.6 Å². The van der Waals surface area contributed by atoms with Crippen LogP contribution in [0, 0.1) is 5.82 Å². The fourth-order valence-corrected chi connectivity index (χ4v) is 4.94. The van der Waals surface area contributed by atoms with Gasteiger partial charge in [-0.25, -0.2) is 17.6 Å². The van der Waals surface area contributed by atoms with Crippen molar-refractivity contribution in [3.05, 3.63) is 53.8 Å². The molecule has 2 heterocycles. The molecule has 9 nitrogen and oxygen atoms in total. The highest BCUT2D eigenvalue weighted by Gasteiger charge is 2.29. The number of carbonyl (C=O) groups excluding carboxylic acids is 2. The summed E-state index contributed by atoms with van der Waals surface area (Å²) in [5.41, 5.74) is 0.985. The maximum Gasteiger partial charge on any atom is 0.321 e. The zero-order valence-electron chi connectivity index (χ0n) is 16.5. The number of hydrogen-bond acceptors (Lipinski definition) is 5. The van der Waals surface area contributed by atoms with Crippen LogP contribution in [0.25, 0.3) is 0 Å². The summed E-state index contributed by atoms with van der Waals surface area (Å²) in [7, 11) is -4.06. The Morgan fingerprint density at radius 2 is 1.87 bits per heavy atom. The van der Waals surface area contributed by atoms with Crippen LogP contribution in [-0.2, 0) is 14.8 Å². The molecule has 2 aliphatic rings. The fourth-order valence-electron chi connectivity index (χ4n) is 3.44. The van der Waals surface area contributed by atoms with Crippen molar-refractivity contribution < 1.29 is 27.1 Å². The third kappa shape index (κ3) is 4.38. The molecule has 0 atom stereocenters. The molecule has 2 aliphatic heterocycles. The van der Waals surface area contributed by atoms with Crippen LogP contribution in [0.5, 0.6) is 0 Å². The minimum Gasteiger partial charge on any atom is -0.379 e. The largest absolute Gasteiger partial charge is 0.379 e. The van der Waals surface area contributed by atoms with E-state index in [0.29, 0.717) is 18.8 Å². The smallest absolute Gasteiger partial charge is 0.321 e. The molecule has 164 valence electrons. The van der Waals surface area contributed by atoms with E-state index in [1.54, 1.807) is 24.3 Å². The number of rotatable bonds is 5. The topological polar surface area (TPSA) is 108 Å². The van der Waals surface area contributed by atoms with Crippen LogP contribution in [0.15, 0.2) is 47.4 Å². The van der Waals surface area contributed by atoms with Crippen molar-refractivity contribution in [2.75, 3.05) is 49.6 Å². The fraction of sp³-hybridized carbons (Fsp3) is 0.300. The molecule has 2 aromatic carbocycles. The molecule has 11 heteroatoms. The van der Waals surface area contributed by atoms with Crippen molar-refractivity contribution in [3.8, 4) is 0 Å². The van der Waals surface area contributed by atoms with E-state index in [1.165, 1.54) is 11.0 Å². The first-order chi connectivity index (χ1) is 14.9. The maximum absolute atomic E-state index is 14.3. The summed E-state index contributed by atoms with van der Waals surface area (Å²) in [5.74, 6) is -1.41. The molecule has 0 bridgehead atoms. The average molecular weight is 448 g/mol. The summed E-state index contributed by atoms with van der Waals surface area (Å²) in [6, 6.07) is 9.67. The summed E-state index contributed by atoms with van der Waals surface area (Å²) in [6.07, 6.45) is 0. The second-order valence-electron chi connectivity index (χ2n) is 7.05. The molecule has 0 saturated carbocycles. The van der Waals surface area contributed by atoms with E-state index in [2.05, 4.69) is 10.6 Å². The van der Waals surface area contributed by atoms with Crippen molar-refractivity contribution >= 4 is 33.3 Å². The molecule has 2 N–H and O–H groups in total. The van der Waals surface area contributed by atoms with Gasteiger partial charge in [-0.05, 0) is 36.4 Å². The first-order valence-electron chi connectivity index (χ1n) is 9.70. The highest BCUT2D eigenvalue weighted by atomic mass is 32.2. The molecular weight excluding hydrogens is 427 g/mol. The van der Waals surface area contributed by atoms with Crippen molar-refractivity contribution in [3.63, 3.8) is 0 Å². The van der Waals surface area contributed by atoms with Gasteiger partial charge in [0.05, 0.1) is 13.2 Å². The molecule has 3 amide bonds. The predicted molar refractivity (Wildman–Crippen MR) is 111 cm³/mol. The highest BCUT2D eigenvalue weighted by Crippen LogP contribution is 2.25. The number of nitrogens with one attached hydrogen (secondary N) is 2. The molecular formula is C20H21FN4O5S. The standard InChI is InChI=1S/C20H21FN4O5S/c21-17-5-4-15(13-18(17)31(28,29)24-8-10-30-11-9-24)23-19(26)14-2-1-3-16(12-14)25-7-6-22-20(25)27/h1-5,12-13H,6-11H2,(H,22,27)(H,23,26). The molecule has 31 heavy (non-hydrogen) atoms. The second-order valence-corrected chi connectivity index (χ2v) is 8.96. The van der Waals surface area contributed by atoms with E-state index >= 15 is 0 Å². The SMILES string of the molecule is O=C(Nc1ccc(F)c(S(=O)(=O)N2CCOCC2)c1)c1cccc(N2CCNC2=O)c1. The number of urea groups is 1. The Morgan fingerprint density at radius 3 is 2.58 bits per heavy atom.